The summed E-state index contributed by atoms with van der Waals surface area (Å²) < 4.78 is 4.80. The predicted octanol–water partition coefficient (Wildman–Crippen LogP) is 0.476. The molecule has 0 saturated carbocycles. The topological polar surface area (TPSA) is 61.8 Å². The van der Waals surface area contributed by atoms with Crippen LogP contribution in [0, 0.1) is 5.92 Å². The quantitative estimate of drug-likeness (QED) is 0.590. The highest BCUT2D eigenvalue weighted by Crippen LogP contribution is 2.03. The van der Waals surface area contributed by atoms with Gasteiger partial charge in [0, 0.05) is 19.1 Å². The van der Waals surface area contributed by atoms with Crippen molar-refractivity contribution < 1.29 is 14.6 Å². The van der Waals surface area contributed by atoms with Gasteiger partial charge >= 0.3 is 5.97 Å². The van der Waals surface area contributed by atoms with E-state index >= 15 is 0 Å². The zero-order valence-electron chi connectivity index (χ0n) is 12.3. The van der Waals surface area contributed by atoms with E-state index in [2.05, 4.69) is 24.1 Å². The molecule has 0 aromatic heterocycles. The van der Waals surface area contributed by atoms with E-state index in [0.29, 0.717) is 25.1 Å². The second-order valence-electron chi connectivity index (χ2n) is 5.18. The van der Waals surface area contributed by atoms with Crippen molar-refractivity contribution in [3.05, 3.63) is 0 Å². The molecule has 5 nitrogen and oxygen atoms in total. The molecule has 18 heavy (non-hydrogen) atoms. The number of hydrogen-bond acceptors (Lipinski definition) is 5. The van der Waals surface area contributed by atoms with Gasteiger partial charge in [0.1, 0.15) is 0 Å². The van der Waals surface area contributed by atoms with E-state index in [0.717, 1.165) is 6.54 Å². The molecule has 0 bridgehead atoms. The maximum absolute atomic E-state index is 11.2. The number of esters is 1. The number of aliphatic hydroxyl groups is 1. The molecule has 0 rings (SSSR count). The summed E-state index contributed by atoms with van der Waals surface area (Å²) in [5, 5.41) is 13.0. The summed E-state index contributed by atoms with van der Waals surface area (Å²) in [7, 11) is 4.04. The first-order valence-electron chi connectivity index (χ1n) is 6.58. The lowest BCUT2D eigenvalue weighted by Crippen LogP contribution is -2.45. The molecule has 2 unspecified atom stereocenters. The van der Waals surface area contributed by atoms with Crippen LogP contribution in [0.5, 0.6) is 0 Å². The third kappa shape index (κ3) is 8.44. The monoisotopic (exact) mass is 260 g/mol. The molecule has 0 aromatic carbocycles. The van der Waals surface area contributed by atoms with Crippen molar-refractivity contribution >= 4 is 5.97 Å². The summed E-state index contributed by atoms with van der Waals surface area (Å²) in [5.41, 5.74) is 0. The number of rotatable bonds is 9. The molecular formula is C13H28N2O3. The largest absolute Gasteiger partial charge is 0.466 e. The van der Waals surface area contributed by atoms with Crippen LogP contribution in [0.3, 0.4) is 0 Å². The number of nitrogens with one attached hydrogen (secondary N) is 1. The molecule has 2 N–H and O–H groups in total. The molecular weight excluding hydrogens is 232 g/mol. The lowest BCUT2D eigenvalue weighted by molar-refractivity contribution is -0.145. The second-order valence-corrected chi connectivity index (χ2v) is 5.18. The first kappa shape index (κ1) is 17.4. The zero-order chi connectivity index (χ0) is 14.1. The fraction of sp³-hybridized carbons (Fsp3) is 0.923. The number of aliphatic hydroxyl groups excluding tert-OH is 1. The maximum Gasteiger partial charge on any atom is 0.308 e. The van der Waals surface area contributed by atoms with Crippen LogP contribution in [0.25, 0.3) is 0 Å². The van der Waals surface area contributed by atoms with Crippen LogP contribution in [0.2, 0.25) is 0 Å². The lowest BCUT2D eigenvalue weighted by Gasteiger charge is -2.26. The Bertz CT molecular complexity index is 232. The highest BCUT2D eigenvalue weighted by atomic mass is 16.5. The van der Waals surface area contributed by atoms with E-state index in [1.54, 1.807) is 6.92 Å². The number of likely N-dealkylation sites (N-methyl/N-ethyl adjacent to an activating group) is 1. The average Bonchev–Trinajstić information content (AvgIpc) is 2.23. The molecule has 0 aliphatic rings. The Morgan fingerprint density at radius 1 is 1.39 bits per heavy atom. The van der Waals surface area contributed by atoms with Gasteiger partial charge in [0.05, 0.1) is 19.1 Å². The summed E-state index contributed by atoms with van der Waals surface area (Å²) in [4.78, 5) is 13.3. The van der Waals surface area contributed by atoms with E-state index in [4.69, 9.17) is 4.74 Å². The fourth-order valence-electron chi connectivity index (χ4n) is 1.68. The van der Waals surface area contributed by atoms with E-state index in [1.165, 1.54) is 0 Å². The third-order valence-electron chi connectivity index (χ3n) is 2.69. The van der Waals surface area contributed by atoms with Crippen molar-refractivity contribution in [3.63, 3.8) is 0 Å². The van der Waals surface area contributed by atoms with Gasteiger partial charge in [-0.1, -0.05) is 13.8 Å². The Kier molecular flexibility index (Phi) is 8.97. The third-order valence-corrected chi connectivity index (χ3v) is 2.69. The minimum atomic E-state index is -0.688. The standard InChI is InChI=1S/C13H28N2O3/c1-6-18-13(17)7-11(16)8-14-12(10(2)3)9-15(4)5/h10-12,14,16H,6-9H2,1-5H3. The van der Waals surface area contributed by atoms with Gasteiger partial charge in [-0.15, -0.1) is 0 Å². The Labute approximate surface area is 110 Å². The smallest absolute Gasteiger partial charge is 0.308 e. The van der Waals surface area contributed by atoms with Crippen molar-refractivity contribution in [2.24, 2.45) is 5.92 Å². The fourth-order valence-corrected chi connectivity index (χ4v) is 1.68. The SMILES string of the molecule is CCOC(=O)CC(O)CNC(CN(C)C)C(C)C. The van der Waals surface area contributed by atoms with Gasteiger partial charge in [-0.25, -0.2) is 0 Å². The van der Waals surface area contributed by atoms with Crippen LogP contribution in [0.15, 0.2) is 0 Å². The van der Waals surface area contributed by atoms with Gasteiger partial charge in [-0.3, -0.25) is 4.79 Å². The minimum absolute atomic E-state index is 0.0492. The summed E-state index contributed by atoms with van der Waals surface area (Å²) in [6.07, 6.45) is -0.638. The van der Waals surface area contributed by atoms with Gasteiger partial charge in [0.2, 0.25) is 0 Å². The average molecular weight is 260 g/mol. The van der Waals surface area contributed by atoms with Gasteiger partial charge in [0.25, 0.3) is 0 Å². The minimum Gasteiger partial charge on any atom is -0.466 e. The molecule has 0 spiro atoms. The van der Waals surface area contributed by atoms with Crippen LogP contribution in [0.1, 0.15) is 27.2 Å². The molecule has 108 valence electrons. The molecule has 0 fully saturated rings. The lowest BCUT2D eigenvalue weighted by atomic mass is 10.0. The zero-order valence-corrected chi connectivity index (χ0v) is 12.3. The van der Waals surface area contributed by atoms with Crippen molar-refractivity contribution in [3.8, 4) is 0 Å². The Morgan fingerprint density at radius 2 is 2.00 bits per heavy atom. The van der Waals surface area contributed by atoms with Crippen LogP contribution in [-0.4, -0.2) is 61.9 Å². The number of carbonyl (C=O) groups is 1. The maximum atomic E-state index is 11.2. The summed E-state index contributed by atoms with van der Waals surface area (Å²) in [5.74, 6) is 0.127. The van der Waals surface area contributed by atoms with Crippen molar-refractivity contribution in [2.75, 3.05) is 33.8 Å². The highest BCUT2D eigenvalue weighted by molar-refractivity contribution is 5.69. The number of carbonyl (C=O) groups excluding carboxylic acids is 1. The number of nitrogens with zero attached hydrogens (tertiary/aromatic N) is 1. The summed E-state index contributed by atoms with van der Waals surface area (Å²) in [6.45, 7) is 7.71. The summed E-state index contributed by atoms with van der Waals surface area (Å²) in [6, 6.07) is 0.303. The van der Waals surface area contributed by atoms with E-state index in [1.807, 2.05) is 14.1 Å². The molecule has 0 heterocycles. The molecule has 2 atom stereocenters. The number of ether oxygens (including phenoxy) is 1. The van der Waals surface area contributed by atoms with E-state index in [9.17, 15) is 9.90 Å². The second kappa shape index (κ2) is 9.30. The molecule has 0 amide bonds. The predicted molar refractivity (Wildman–Crippen MR) is 72.4 cm³/mol. The number of hydrogen-bond donors (Lipinski definition) is 2. The van der Waals surface area contributed by atoms with E-state index < -0.39 is 6.10 Å². The van der Waals surface area contributed by atoms with Gasteiger partial charge in [-0.05, 0) is 26.9 Å². The van der Waals surface area contributed by atoms with Crippen LogP contribution < -0.4 is 5.32 Å². The van der Waals surface area contributed by atoms with Gasteiger partial charge < -0.3 is 20.1 Å². The first-order chi connectivity index (χ1) is 8.36. The normalized spacial score (nSPS) is 14.9. The Hall–Kier alpha value is -0.650. The van der Waals surface area contributed by atoms with Gasteiger partial charge in [-0.2, -0.15) is 0 Å². The van der Waals surface area contributed by atoms with Crippen molar-refractivity contribution in [1.82, 2.24) is 10.2 Å². The van der Waals surface area contributed by atoms with Crippen LogP contribution >= 0.6 is 0 Å². The molecule has 0 radical (unpaired) electrons. The van der Waals surface area contributed by atoms with Crippen LogP contribution in [0.4, 0.5) is 0 Å². The van der Waals surface area contributed by atoms with Crippen molar-refractivity contribution in [1.29, 1.82) is 0 Å². The Morgan fingerprint density at radius 3 is 2.44 bits per heavy atom. The molecule has 0 aromatic rings. The molecule has 5 heteroatoms. The van der Waals surface area contributed by atoms with Gasteiger partial charge in [0.15, 0.2) is 0 Å². The Balaban J connectivity index is 3.99. The molecule has 0 saturated heterocycles. The highest BCUT2D eigenvalue weighted by Gasteiger charge is 2.17. The van der Waals surface area contributed by atoms with Crippen molar-refractivity contribution in [2.45, 2.75) is 39.3 Å². The summed E-state index contributed by atoms with van der Waals surface area (Å²) >= 11 is 0. The molecule has 0 aliphatic carbocycles. The molecule has 0 aliphatic heterocycles. The first-order valence-corrected chi connectivity index (χ1v) is 6.58. The van der Waals surface area contributed by atoms with Crippen LogP contribution in [-0.2, 0) is 9.53 Å². The van der Waals surface area contributed by atoms with E-state index in [-0.39, 0.29) is 12.4 Å².